The predicted octanol–water partition coefficient (Wildman–Crippen LogP) is 13.6. The quantitative estimate of drug-likeness (QED) is 0.101. The van der Waals surface area contributed by atoms with E-state index in [-0.39, 0.29) is 5.41 Å². The van der Waals surface area contributed by atoms with Gasteiger partial charge in [-0.3, -0.25) is 4.57 Å². The van der Waals surface area contributed by atoms with Crippen LogP contribution >= 0.6 is 0 Å². The molecule has 0 atom stereocenters. The van der Waals surface area contributed by atoms with Crippen molar-refractivity contribution in [1.29, 1.82) is 0 Å². The molecule has 342 valence electrons. The Labute approximate surface area is 418 Å². The van der Waals surface area contributed by atoms with Crippen molar-refractivity contribution in [3.05, 3.63) is 267 Å². The van der Waals surface area contributed by atoms with Crippen molar-refractivity contribution < 1.29 is 0 Å². The lowest BCUT2D eigenvalue weighted by Crippen LogP contribution is -2.74. The molecule has 0 saturated heterocycles. The lowest BCUT2D eigenvalue weighted by atomic mass is 9.88. The molecule has 0 aliphatic carbocycles. The zero-order valence-corrected chi connectivity index (χ0v) is 41.3. The Hall–Kier alpha value is -8.51. The third-order valence-electron chi connectivity index (χ3n) is 14.3. The number of para-hydroxylation sites is 1. The number of rotatable bonds is 10. The topological polar surface area (TPSA) is 24.3 Å². The van der Waals surface area contributed by atoms with E-state index in [2.05, 4.69) is 290 Å². The fourth-order valence-electron chi connectivity index (χ4n) is 10.8. The second-order valence-corrected chi connectivity index (χ2v) is 23.5. The highest BCUT2D eigenvalue weighted by Gasteiger charge is 2.43. The second-order valence-electron chi connectivity index (χ2n) is 19.7. The highest BCUT2D eigenvalue weighted by Crippen LogP contribution is 2.37. The molecule has 5 heteroatoms. The molecule has 0 unspecified atom stereocenters. The van der Waals surface area contributed by atoms with Crippen LogP contribution in [0.1, 0.15) is 26.3 Å². The van der Waals surface area contributed by atoms with E-state index in [4.69, 9.17) is 4.98 Å². The molecule has 0 saturated carbocycles. The summed E-state index contributed by atoms with van der Waals surface area (Å²) in [4.78, 5) is 9.88. The van der Waals surface area contributed by atoms with E-state index in [1.807, 2.05) is 6.20 Å². The first kappa shape index (κ1) is 43.7. The lowest BCUT2D eigenvalue weighted by molar-refractivity contribution is 0.588. The highest BCUT2D eigenvalue weighted by atomic mass is 28.3. The molecule has 9 aromatic carbocycles. The van der Waals surface area contributed by atoms with Gasteiger partial charge in [-0.15, -0.1) is 0 Å². The normalized spacial score (nSPS) is 12.8. The number of benzene rings is 9. The molecule has 0 radical (unpaired) electrons. The number of fused-ring (bicyclic) bond motifs is 3. The fourth-order valence-corrected chi connectivity index (χ4v) is 15.6. The summed E-state index contributed by atoms with van der Waals surface area (Å²) in [6, 6.07) is 89.8. The summed E-state index contributed by atoms with van der Waals surface area (Å²) in [5, 5.41) is 7.69. The van der Waals surface area contributed by atoms with E-state index in [0.29, 0.717) is 6.67 Å². The average molecular weight is 931 g/mol. The van der Waals surface area contributed by atoms with Gasteiger partial charge in [0.15, 0.2) is 8.07 Å². The van der Waals surface area contributed by atoms with Gasteiger partial charge in [-0.05, 0) is 120 Å². The molecule has 0 amide bonds. The Morgan fingerprint density at radius 2 is 0.859 bits per heavy atom. The van der Waals surface area contributed by atoms with Gasteiger partial charge >= 0.3 is 0 Å². The first-order valence-corrected chi connectivity index (χ1v) is 26.6. The molecule has 71 heavy (non-hydrogen) atoms. The molecule has 1 aliphatic heterocycles. The van der Waals surface area contributed by atoms with Crippen LogP contribution in [-0.4, -0.2) is 24.3 Å². The van der Waals surface area contributed by atoms with E-state index >= 15 is 0 Å². The van der Waals surface area contributed by atoms with Gasteiger partial charge in [0.05, 0.1) is 17.7 Å². The molecule has 2 aromatic heterocycles. The molecule has 0 spiro atoms. The van der Waals surface area contributed by atoms with Crippen molar-refractivity contribution in [1.82, 2.24) is 9.55 Å². The summed E-state index contributed by atoms with van der Waals surface area (Å²) in [5.74, 6) is 0.927. The standard InChI is InChI=1S/C66H54N4Si/c1-66(2,3)54-35-36-67-65(44-54)70-63-32-20-19-31-61(63)62-34-33-59(46-64(62)70)71(57-27-15-7-16-28-57,58-29-17-8-18-30-58)60-43-53(50-25-13-6-14-26-50)42-56(45-60)69-38-37-68(47-69)55-40-51(48-21-9-4-10-22-48)39-52(41-55)49-23-11-5-12-24-49/h4-46H,47H2,1-3H3. The van der Waals surface area contributed by atoms with Crippen LogP contribution in [0.15, 0.2) is 261 Å². The molecule has 3 heterocycles. The molecular weight excluding hydrogens is 877 g/mol. The summed E-state index contributed by atoms with van der Waals surface area (Å²) >= 11 is 0. The molecule has 0 bridgehead atoms. The largest absolute Gasteiger partial charge is 0.328 e. The van der Waals surface area contributed by atoms with E-state index in [1.54, 1.807) is 0 Å². The minimum absolute atomic E-state index is 0.0371. The van der Waals surface area contributed by atoms with Crippen LogP contribution in [0.3, 0.4) is 0 Å². The summed E-state index contributed by atoms with van der Waals surface area (Å²) < 4.78 is 2.39. The van der Waals surface area contributed by atoms with Crippen molar-refractivity contribution in [3.63, 3.8) is 0 Å². The molecular formula is C66H54N4Si. The Bertz CT molecular complexity index is 3610. The third-order valence-corrected chi connectivity index (χ3v) is 19.1. The van der Waals surface area contributed by atoms with Crippen LogP contribution in [0.4, 0.5) is 11.4 Å². The van der Waals surface area contributed by atoms with E-state index in [1.165, 1.54) is 70.5 Å². The second kappa shape index (κ2) is 18.1. The van der Waals surface area contributed by atoms with Crippen LogP contribution in [0.2, 0.25) is 0 Å². The van der Waals surface area contributed by atoms with Gasteiger partial charge in [0.25, 0.3) is 0 Å². The summed E-state index contributed by atoms with van der Waals surface area (Å²) in [6.07, 6.45) is 6.46. The van der Waals surface area contributed by atoms with Crippen molar-refractivity contribution in [2.24, 2.45) is 0 Å². The van der Waals surface area contributed by atoms with Crippen molar-refractivity contribution in [2.75, 3.05) is 16.5 Å². The van der Waals surface area contributed by atoms with Gasteiger partial charge in [0.2, 0.25) is 0 Å². The van der Waals surface area contributed by atoms with Crippen LogP contribution in [0, 0.1) is 0 Å². The van der Waals surface area contributed by atoms with Gasteiger partial charge in [0.1, 0.15) is 5.82 Å². The number of nitrogens with zero attached hydrogens (tertiary/aromatic N) is 4. The van der Waals surface area contributed by atoms with Gasteiger partial charge in [-0.2, -0.15) is 0 Å². The zero-order valence-electron chi connectivity index (χ0n) is 40.3. The fraction of sp³-hybridized carbons (Fsp3) is 0.0758. The third kappa shape index (κ3) is 8.04. The Morgan fingerprint density at radius 3 is 1.41 bits per heavy atom. The van der Waals surface area contributed by atoms with Crippen LogP contribution in [0.5, 0.6) is 0 Å². The minimum atomic E-state index is -3.15. The van der Waals surface area contributed by atoms with Crippen molar-refractivity contribution >= 4 is 62.0 Å². The average Bonchev–Trinajstić information content (AvgIpc) is 4.06. The number of aromatic nitrogens is 2. The van der Waals surface area contributed by atoms with E-state index in [0.717, 1.165) is 28.2 Å². The number of pyridine rings is 1. The Kier molecular flexibility index (Phi) is 11.2. The summed E-state index contributed by atoms with van der Waals surface area (Å²) in [7, 11) is -3.15. The summed E-state index contributed by atoms with van der Waals surface area (Å²) in [6.45, 7) is 7.47. The van der Waals surface area contributed by atoms with Crippen molar-refractivity contribution in [2.45, 2.75) is 26.2 Å². The van der Waals surface area contributed by atoms with Crippen LogP contribution in [-0.2, 0) is 5.41 Å². The van der Waals surface area contributed by atoms with Gasteiger partial charge in [0, 0.05) is 40.7 Å². The highest BCUT2D eigenvalue weighted by molar-refractivity contribution is 7.20. The van der Waals surface area contributed by atoms with Gasteiger partial charge < -0.3 is 9.80 Å². The van der Waals surface area contributed by atoms with E-state index in [9.17, 15) is 0 Å². The van der Waals surface area contributed by atoms with E-state index < -0.39 is 8.07 Å². The molecule has 4 nitrogen and oxygen atoms in total. The Morgan fingerprint density at radius 1 is 0.380 bits per heavy atom. The molecule has 0 N–H and O–H groups in total. The SMILES string of the molecule is CC(C)(C)c1ccnc(-n2c3ccccc3c3ccc([Si](c4ccccc4)(c4ccccc4)c4cc(-c5ccccc5)cc(N5C=CN(c6cc(-c7ccccc7)cc(-c7ccccc7)c6)C5)c4)cc32)c1. The number of hydrogen-bond donors (Lipinski definition) is 0. The number of hydrogen-bond acceptors (Lipinski definition) is 3. The maximum absolute atomic E-state index is 5.09. The maximum atomic E-state index is 5.09. The van der Waals surface area contributed by atoms with Gasteiger partial charge in [-0.25, -0.2) is 4.98 Å². The minimum Gasteiger partial charge on any atom is -0.328 e. The maximum Gasteiger partial charge on any atom is 0.179 e. The van der Waals surface area contributed by atoms with Crippen LogP contribution in [0.25, 0.3) is 61.0 Å². The smallest absolute Gasteiger partial charge is 0.179 e. The van der Waals surface area contributed by atoms with Gasteiger partial charge in [-0.1, -0.05) is 209 Å². The van der Waals surface area contributed by atoms with Crippen molar-refractivity contribution in [3.8, 4) is 39.2 Å². The lowest BCUT2D eigenvalue weighted by Gasteiger charge is -2.36. The molecule has 0 fully saturated rings. The predicted molar refractivity (Wildman–Crippen MR) is 303 cm³/mol. The summed E-state index contributed by atoms with van der Waals surface area (Å²) in [5.41, 5.74) is 12.9. The zero-order chi connectivity index (χ0) is 47.9. The monoisotopic (exact) mass is 930 g/mol. The first-order valence-electron chi connectivity index (χ1n) is 24.6. The molecule has 1 aliphatic rings. The molecule has 11 aromatic rings. The van der Waals surface area contributed by atoms with Crippen LogP contribution < -0.4 is 30.5 Å². The number of anilines is 2. The first-order chi connectivity index (χ1) is 34.8. The molecule has 12 rings (SSSR count). The Balaban J connectivity index is 1.07.